The molecule has 5 heteroatoms. The van der Waals surface area contributed by atoms with Crippen molar-refractivity contribution >= 4 is 34.8 Å². The average molecular weight is 297 g/mol. The molecule has 20 heavy (non-hydrogen) atoms. The Bertz CT molecular complexity index is 487. The van der Waals surface area contributed by atoms with E-state index in [1.807, 2.05) is 20.8 Å². The summed E-state index contributed by atoms with van der Waals surface area (Å²) in [5.41, 5.74) is 1.15. The third kappa shape index (κ3) is 5.61. The molecule has 2 amide bonds. The minimum Gasteiger partial charge on any atom is -0.326 e. The van der Waals surface area contributed by atoms with Crippen LogP contribution < -0.4 is 10.6 Å². The summed E-state index contributed by atoms with van der Waals surface area (Å²) in [6.07, 6.45) is 1.69. The van der Waals surface area contributed by atoms with Crippen LogP contribution in [0.3, 0.4) is 0 Å². The van der Waals surface area contributed by atoms with Crippen LogP contribution in [0.4, 0.5) is 11.4 Å². The second kappa shape index (κ2) is 7.90. The first-order chi connectivity index (χ1) is 9.42. The van der Waals surface area contributed by atoms with Crippen molar-refractivity contribution in [1.29, 1.82) is 0 Å². The van der Waals surface area contributed by atoms with Crippen LogP contribution in [-0.2, 0) is 9.59 Å². The summed E-state index contributed by atoms with van der Waals surface area (Å²) in [5, 5.41) is 5.99. The normalized spacial score (nSPS) is 10.4. The molecule has 1 aromatic rings. The standard InChI is InChI=1S/C15H21ClN2O2/c1-4-5-14(19)17-11-6-7-12(16)13(9-11)18-15(20)8-10(2)3/h6-7,9-10H,4-5,8H2,1-3H3,(H,17,19)(H,18,20). The van der Waals surface area contributed by atoms with Gasteiger partial charge in [-0.05, 0) is 30.5 Å². The smallest absolute Gasteiger partial charge is 0.224 e. The highest BCUT2D eigenvalue weighted by Gasteiger charge is 2.09. The van der Waals surface area contributed by atoms with Gasteiger partial charge in [0.2, 0.25) is 11.8 Å². The van der Waals surface area contributed by atoms with Gasteiger partial charge in [0.25, 0.3) is 0 Å². The van der Waals surface area contributed by atoms with Crippen LogP contribution in [-0.4, -0.2) is 11.8 Å². The van der Waals surface area contributed by atoms with Crippen molar-refractivity contribution in [2.75, 3.05) is 10.6 Å². The molecule has 0 spiro atoms. The Labute approximate surface area is 124 Å². The van der Waals surface area contributed by atoms with E-state index in [-0.39, 0.29) is 17.7 Å². The lowest BCUT2D eigenvalue weighted by molar-refractivity contribution is -0.117. The SMILES string of the molecule is CCCC(=O)Nc1ccc(Cl)c(NC(=O)CC(C)C)c1. The topological polar surface area (TPSA) is 58.2 Å². The van der Waals surface area contributed by atoms with E-state index in [4.69, 9.17) is 11.6 Å². The summed E-state index contributed by atoms with van der Waals surface area (Å²) in [7, 11) is 0. The van der Waals surface area contributed by atoms with Crippen molar-refractivity contribution in [2.24, 2.45) is 5.92 Å². The maximum absolute atomic E-state index is 11.8. The molecule has 0 aliphatic rings. The molecular formula is C15H21ClN2O2. The Morgan fingerprint density at radius 2 is 1.90 bits per heavy atom. The van der Waals surface area contributed by atoms with Gasteiger partial charge in [-0.2, -0.15) is 0 Å². The molecular weight excluding hydrogens is 276 g/mol. The predicted molar refractivity (Wildman–Crippen MR) is 83.1 cm³/mol. The molecule has 1 aromatic carbocycles. The lowest BCUT2D eigenvalue weighted by atomic mass is 10.1. The summed E-state index contributed by atoms with van der Waals surface area (Å²) in [6.45, 7) is 5.89. The number of carbonyl (C=O) groups is 2. The second-order valence-electron chi connectivity index (χ2n) is 5.14. The van der Waals surface area contributed by atoms with Crippen LogP contribution in [0.25, 0.3) is 0 Å². The molecule has 0 radical (unpaired) electrons. The molecule has 0 saturated carbocycles. The lowest BCUT2D eigenvalue weighted by Crippen LogP contribution is -2.15. The molecule has 4 nitrogen and oxygen atoms in total. The number of benzene rings is 1. The Hall–Kier alpha value is -1.55. The Balaban J connectivity index is 2.76. The zero-order valence-electron chi connectivity index (χ0n) is 12.1. The van der Waals surface area contributed by atoms with Crippen LogP contribution in [0.2, 0.25) is 5.02 Å². The first-order valence-corrected chi connectivity index (χ1v) is 7.19. The van der Waals surface area contributed by atoms with E-state index >= 15 is 0 Å². The minimum absolute atomic E-state index is 0.0470. The Morgan fingerprint density at radius 1 is 1.20 bits per heavy atom. The van der Waals surface area contributed by atoms with Crippen molar-refractivity contribution in [1.82, 2.24) is 0 Å². The molecule has 110 valence electrons. The van der Waals surface area contributed by atoms with E-state index < -0.39 is 0 Å². The largest absolute Gasteiger partial charge is 0.326 e. The van der Waals surface area contributed by atoms with Gasteiger partial charge >= 0.3 is 0 Å². The lowest BCUT2D eigenvalue weighted by Gasteiger charge is -2.11. The zero-order chi connectivity index (χ0) is 15.1. The third-order valence-corrected chi connectivity index (χ3v) is 2.92. The van der Waals surface area contributed by atoms with Gasteiger partial charge in [0.05, 0.1) is 10.7 Å². The number of hydrogen-bond donors (Lipinski definition) is 2. The summed E-state index contributed by atoms with van der Waals surface area (Å²) >= 11 is 6.05. The van der Waals surface area contributed by atoms with E-state index in [0.29, 0.717) is 29.2 Å². The van der Waals surface area contributed by atoms with Gasteiger partial charge in [-0.25, -0.2) is 0 Å². The Morgan fingerprint density at radius 3 is 2.50 bits per heavy atom. The zero-order valence-corrected chi connectivity index (χ0v) is 12.9. The molecule has 0 aromatic heterocycles. The van der Waals surface area contributed by atoms with Gasteiger partial charge < -0.3 is 10.6 Å². The maximum Gasteiger partial charge on any atom is 0.224 e. The predicted octanol–water partition coefficient (Wildman–Crippen LogP) is 4.06. The van der Waals surface area contributed by atoms with Crippen LogP contribution >= 0.6 is 11.6 Å². The second-order valence-corrected chi connectivity index (χ2v) is 5.55. The molecule has 0 heterocycles. The number of amides is 2. The molecule has 2 N–H and O–H groups in total. The van der Waals surface area contributed by atoms with E-state index in [1.54, 1.807) is 18.2 Å². The summed E-state index contributed by atoms with van der Waals surface area (Å²) in [6, 6.07) is 5.05. The van der Waals surface area contributed by atoms with E-state index in [1.165, 1.54) is 0 Å². The number of nitrogens with one attached hydrogen (secondary N) is 2. The van der Waals surface area contributed by atoms with Crippen molar-refractivity contribution in [2.45, 2.75) is 40.0 Å². The number of halogens is 1. The van der Waals surface area contributed by atoms with Crippen molar-refractivity contribution < 1.29 is 9.59 Å². The number of anilines is 2. The van der Waals surface area contributed by atoms with Crippen LogP contribution in [0.15, 0.2) is 18.2 Å². The van der Waals surface area contributed by atoms with Gasteiger partial charge in [-0.1, -0.05) is 32.4 Å². The highest BCUT2D eigenvalue weighted by molar-refractivity contribution is 6.33. The summed E-state index contributed by atoms with van der Waals surface area (Å²) in [4.78, 5) is 23.3. The number of carbonyl (C=O) groups excluding carboxylic acids is 2. The molecule has 1 rings (SSSR count). The fourth-order valence-electron chi connectivity index (χ4n) is 1.72. The summed E-state index contributed by atoms with van der Waals surface area (Å²) in [5.74, 6) is 0.148. The molecule has 0 fully saturated rings. The monoisotopic (exact) mass is 296 g/mol. The molecule has 0 aliphatic heterocycles. The van der Waals surface area contributed by atoms with Crippen molar-refractivity contribution in [3.05, 3.63) is 23.2 Å². The van der Waals surface area contributed by atoms with Gasteiger partial charge in [-0.3, -0.25) is 9.59 Å². The van der Waals surface area contributed by atoms with Gasteiger partial charge in [0.15, 0.2) is 0 Å². The van der Waals surface area contributed by atoms with E-state index in [9.17, 15) is 9.59 Å². The first-order valence-electron chi connectivity index (χ1n) is 6.81. The molecule has 0 bridgehead atoms. The molecule has 0 atom stereocenters. The van der Waals surface area contributed by atoms with Gasteiger partial charge in [0, 0.05) is 18.5 Å². The fraction of sp³-hybridized carbons (Fsp3) is 0.467. The van der Waals surface area contributed by atoms with Crippen LogP contribution in [0, 0.1) is 5.92 Å². The first kappa shape index (κ1) is 16.5. The van der Waals surface area contributed by atoms with Crippen LogP contribution in [0.1, 0.15) is 40.0 Å². The molecule has 0 aliphatic carbocycles. The van der Waals surface area contributed by atoms with Crippen LogP contribution in [0.5, 0.6) is 0 Å². The maximum atomic E-state index is 11.8. The number of rotatable bonds is 6. The Kier molecular flexibility index (Phi) is 6.52. The highest BCUT2D eigenvalue weighted by Crippen LogP contribution is 2.26. The summed E-state index contributed by atoms with van der Waals surface area (Å²) < 4.78 is 0. The van der Waals surface area contributed by atoms with E-state index in [2.05, 4.69) is 10.6 Å². The van der Waals surface area contributed by atoms with Crippen molar-refractivity contribution in [3.63, 3.8) is 0 Å². The third-order valence-electron chi connectivity index (χ3n) is 2.59. The fourth-order valence-corrected chi connectivity index (χ4v) is 1.89. The van der Waals surface area contributed by atoms with Gasteiger partial charge in [0.1, 0.15) is 0 Å². The molecule has 0 unspecified atom stereocenters. The molecule has 0 saturated heterocycles. The average Bonchev–Trinajstić information content (AvgIpc) is 2.32. The van der Waals surface area contributed by atoms with Gasteiger partial charge in [-0.15, -0.1) is 0 Å². The quantitative estimate of drug-likeness (QED) is 0.831. The number of hydrogen-bond acceptors (Lipinski definition) is 2. The van der Waals surface area contributed by atoms with Crippen molar-refractivity contribution in [3.8, 4) is 0 Å². The van der Waals surface area contributed by atoms with E-state index in [0.717, 1.165) is 6.42 Å². The minimum atomic E-state index is -0.0843. The highest BCUT2D eigenvalue weighted by atomic mass is 35.5.